The maximum atomic E-state index is 13.7. The minimum atomic E-state index is -0.207. The molecule has 1 unspecified atom stereocenters. The molecule has 1 aliphatic rings. The van der Waals surface area contributed by atoms with Crippen molar-refractivity contribution in [3.63, 3.8) is 0 Å². The smallest absolute Gasteiger partial charge is 0.129 e. The van der Waals surface area contributed by atoms with Gasteiger partial charge in [-0.3, -0.25) is 4.90 Å². The highest BCUT2D eigenvalue weighted by Crippen LogP contribution is 2.19. The molecule has 1 aromatic rings. The molecule has 1 aromatic carbocycles. The minimum absolute atomic E-state index is 0.207. The van der Waals surface area contributed by atoms with E-state index >= 15 is 0 Å². The molecule has 1 atom stereocenters. The highest BCUT2D eigenvalue weighted by Gasteiger charge is 2.17. The van der Waals surface area contributed by atoms with Crippen LogP contribution in [0.2, 0.25) is 5.02 Å². The van der Waals surface area contributed by atoms with Crippen LogP contribution in [0.3, 0.4) is 0 Å². The molecule has 18 heavy (non-hydrogen) atoms. The number of nitrogens with one attached hydrogen (secondary N) is 1. The van der Waals surface area contributed by atoms with Crippen LogP contribution < -0.4 is 5.32 Å². The molecule has 2 rings (SSSR count). The molecule has 0 spiro atoms. The molecule has 4 heteroatoms. The van der Waals surface area contributed by atoms with Gasteiger partial charge in [0.15, 0.2) is 0 Å². The Morgan fingerprint density at radius 1 is 1.39 bits per heavy atom. The van der Waals surface area contributed by atoms with Crippen molar-refractivity contribution in [2.45, 2.75) is 31.8 Å². The third-order valence-corrected chi connectivity index (χ3v) is 3.84. The zero-order valence-corrected chi connectivity index (χ0v) is 11.5. The zero-order valence-electron chi connectivity index (χ0n) is 10.8. The fraction of sp³-hybridized carbons (Fsp3) is 0.571. The number of benzene rings is 1. The molecule has 1 aliphatic heterocycles. The van der Waals surface area contributed by atoms with Crippen LogP contribution in [-0.4, -0.2) is 31.1 Å². The summed E-state index contributed by atoms with van der Waals surface area (Å²) in [6, 6.07) is 5.46. The summed E-state index contributed by atoms with van der Waals surface area (Å²) >= 11 is 5.76. The Morgan fingerprint density at radius 2 is 2.22 bits per heavy atom. The molecule has 0 aromatic heterocycles. The van der Waals surface area contributed by atoms with Crippen LogP contribution in [0.4, 0.5) is 4.39 Å². The standard InChI is InChI=1S/C14H20ClFN2/c1-18(13-3-2-7-17-8-6-13)10-11-4-5-12(15)9-14(11)16/h4-5,9,13,17H,2-3,6-8,10H2,1H3. The van der Waals surface area contributed by atoms with Gasteiger partial charge in [-0.05, 0) is 51.5 Å². The number of halogens is 2. The molecule has 0 radical (unpaired) electrons. The van der Waals surface area contributed by atoms with Crippen molar-refractivity contribution in [3.8, 4) is 0 Å². The topological polar surface area (TPSA) is 15.3 Å². The van der Waals surface area contributed by atoms with E-state index in [2.05, 4.69) is 17.3 Å². The Hall–Kier alpha value is -0.640. The van der Waals surface area contributed by atoms with Crippen molar-refractivity contribution in [2.75, 3.05) is 20.1 Å². The lowest BCUT2D eigenvalue weighted by molar-refractivity contribution is 0.214. The van der Waals surface area contributed by atoms with Gasteiger partial charge in [0, 0.05) is 23.2 Å². The first-order valence-electron chi connectivity index (χ1n) is 6.51. The van der Waals surface area contributed by atoms with Crippen molar-refractivity contribution in [1.29, 1.82) is 0 Å². The zero-order chi connectivity index (χ0) is 13.0. The minimum Gasteiger partial charge on any atom is -0.317 e. The van der Waals surface area contributed by atoms with Crippen LogP contribution in [0, 0.1) is 5.82 Å². The highest BCUT2D eigenvalue weighted by atomic mass is 35.5. The van der Waals surface area contributed by atoms with Crippen molar-refractivity contribution >= 4 is 11.6 Å². The number of nitrogens with zero attached hydrogens (tertiary/aromatic N) is 1. The summed E-state index contributed by atoms with van der Waals surface area (Å²) < 4.78 is 13.7. The fourth-order valence-electron chi connectivity index (χ4n) is 2.49. The monoisotopic (exact) mass is 270 g/mol. The molecule has 1 saturated heterocycles. The SMILES string of the molecule is CN(Cc1ccc(Cl)cc1F)C1CCCNCC1. The summed E-state index contributed by atoms with van der Waals surface area (Å²) in [6.45, 7) is 2.80. The Balaban J connectivity index is 1.98. The molecule has 1 fully saturated rings. The highest BCUT2D eigenvalue weighted by molar-refractivity contribution is 6.30. The molecule has 1 heterocycles. The molecule has 2 nitrogen and oxygen atoms in total. The van der Waals surface area contributed by atoms with Gasteiger partial charge in [0.2, 0.25) is 0 Å². The summed E-state index contributed by atoms with van der Waals surface area (Å²) in [7, 11) is 2.07. The number of hydrogen-bond acceptors (Lipinski definition) is 2. The first kappa shape index (κ1) is 13.8. The maximum absolute atomic E-state index is 13.7. The van der Waals surface area contributed by atoms with Crippen LogP contribution in [0.5, 0.6) is 0 Å². The predicted octanol–water partition coefficient (Wildman–Crippen LogP) is 3.05. The van der Waals surface area contributed by atoms with E-state index in [1.807, 2.05) is 0 Å². The van der Waals surface area contributed by atoms with Gasteiger partial charge in [-0.2, -0.15) is 0 Å². The van der Waals surface area contributed by atoms with Gasteiger partial charge in [-0.1, -0.05) is 17.7 Å². The van der Waals surface area contributed by atoms with Crippen molar-refractivity contribution < 1.29 is 4.39 Å². The van der Waals surface area contributed by atoms with Gasteiger partial charge < -0.3 is 5.32 Å². The fourth-order valence-corrected chi connectivity index (χ4v) is 2.65. The summed E-state index contributed by atoms with van der Waals surface area (Å²) in [5.41, 5.74) is 0.721. The van der Waals surface area contributed by atoms with Gasteiger partial charge in [0.25, 0.3) is 0 Å². The molecule has 0 aliphatic carbocycles. The van der Waals surface area contributed by atoms with E-state index in [1.54, 1.807) is 12.1 Å². The Labute approximate surface area is 113 Å². The lowest BCUT2D eigenvalue weighted by atomic mass is 10.1. The summed E-state index contributed by atoms with van der Waals surface area (Å²) in [4.78, 5) is 2.25. The lowest BCUT2D eigenvalue weighted by Crippen LogP contribution is -2.32. The van der Waals surface area contributed by atoms with E-state index in [1.165, 1.54) is 18.9 Å². The number of hydrogen-bond donors (Lipinski definition) is 1. The van der Waals surface area contributed by atoms with E-state index in [4.69, 9.17) is 11.6 Å². The second-order valence-electron chi connectivity index (χ2n) is 4.99. The van der Waals surface area contributed by atoms with E-state index < -0.39 is 0 Å². The van der Waals surface area contributed by atoms with Crippen LogP contribution in [0.15, 0.2) is 18.2 Å². The molecular weight excluding hydrogens is 251 g/mol. The van der Waals surface area contributed by atoms with E-state index in [9.17, 15) is 4.39 Å². The quantitative estimate of drug-likeness (QED) is 0.908. The molecule has 0 amide bonds. The third kappa shape index (κ3) is 3.67. The second kappa shape index (κ2) is 6.50. The van der Waals surface area contributed by atoms with Crippen LogP contribution in [0.25, 0.3) is 0 Å². The van der Waals surface area contributed by atoms with E-state index in [0.717, 1.165) is 25.1 Å². The molecule has 0 saturated carbocycles. The van der Waals surface area contributed by atoms with Gasteiger partial charge >= 0.3 is 0 Å². The van der Waals surface area contributed by atoms with Gasteiger partial charge in [-0.25, -0.2) is 4.39 Å². The van der Waals surface area contributed by atoms with E-state index in [-0.39, 0.29) is 5.82 Å². The normalized spacial score (nSPS) is 21.0. The summed E-state index contributed by atoms with van der Waals surface area (Å²) in [5, 5.41) is 3.85. The van der Waals surface area contributed by atoms with Crippen LogP contribution in [-0.2, 0) is 6.54 Å². The first-order chi connectivity index (χ1) is 8.66. The molecule has 0 bridgehead atoms. The Kier molecular flexibility index (Phi) is 4.98. The average Bonchev–Trinajstić information content (AvgIpc) is 2.61. The van der Waals surface area contributed by atoms with E-state index in [0.29, 0.717) is 17.6 Å². The van der Waals surface area contributed by atoms with Gasteiger partial charge in [-0.15, -0.1) is 0 Å². The Morgan fingerprint density at radius 3 is 3.00 bits per heavy atom. The average molecular weight is 271 g/mol. The molecule has 1 N–H and O–H groups in total. The Bertz CT molecular complexity index is 389. The molecular formula is C14H20ClFN2. The lowest BCUT2D eigenvalue weighted by Gasteiger charge is -2.27. The van der Waals surface area contributed by atoms with Gasteiger partial charge in [0.1, 0.15) is 5.82 Å². The first-order valence-corrected chi connectivity index (χ1v) is 6.89. The van der Waals surface area contributed by atoms with Crippen LogP contribution in [0.1, 0.15) is 24.8 Å². The van der Waals surface area contributed by atoms with Crippen molar-refractivity contribution in [2.24, 2.45) is 0 Å². The summed E-state index contributed by atoms with van der Waals surface area (Å²) in [6.07, 6.45) is 3.50. The van der Waals surface area contributed by atoms with Gasteiger partial charge in [0.05, 0.1) is 0 Å². The maximum Gasteiger partial charge on any atom is 0.129 e. The van der Waals surface area contributed by atoms with Crippen LogP contribution >= 0.6 is 11.6 Å². The predicted molar refractivity (Wildman–Crippen MR) is 73.4 cm³/mol. The summed E-state index contributed by atoms with van der Waals surface area (Å²) in [5.74, 6) is -0.207. The van der Waals surface area contributed by atoms with Crippen molar-refractivity contribution in [3.05, 3.63) is 34.6 Å². The number of rotatable bonds is 3. The van der Waals surface area contributed by atoms with Crippen molar-refractivity contribution in [1.82, 2.24) is 10.2 Å². The largest absolute Gasteiger partial charge is 0.317 e. The second-order valence-corrected chi connectivity index (χ2v) is 5.42. The third-order valence-electron chi connectivity index (χ3n) is 3.60. The molecule has 100 valence electrons.